The number of carbonyl (C=O) groups is 8. The summed E-state index contributed by atoms with van der Waals surface area (Å²) in [4.78, 5) is 112. The highest BCUT2D eigenvalue weighted by atomic mass is 19.1. The quantitative estimate of drug-likeness (QED) is 0.0548. The number of piperidine rings is 1. The predicted molar refractivity (Wildman–Crippen MR) is 574 cm³/mol. The summed E-state index contributed by atoms with van der Waals surface area (Å²) in [6, 6.07) is 53.3. The van der Waals surface area contributed by atoms with Gasteiger partial charge in [-0.3, -0.25) is 38.4 Å². The molecule has 1 unspecified atom stereocenters. The Kier molecular flexibility index (Phi) is 47.7. The SMILES string of the molecule is CC(C)c1ccc(C(=O)N2CCOCC2)cc1.CC(C)c1ccc(C(=O)N2CCOCC2)cc1F.CC(C)c1ccc(CC(=O)N2CCC2)cc1.CC(C)c1ccc(CC(=O)N2CCCC2)cc1.COc1cc(C(=O)N2CCCC(C)C2)ccc1C(C)C.COc1cc(C(=O)N2CCOCC2)ccc1C(C)C.COc1cc(CC(=O)N2CCC2)ccc1C(C)C.COc1cc(CC(=O)N2CCCC2)ccc1C(C)C. The third-order valence-electron chi connectivity index (χ3n) is 27.6. The summed E-state index contributed by atoms with van der Waals surface area (Å²) in [5.74, 6) is 8.22. The Hall–Kier alpha value is -11.5. The van der Waals surface area contributed by atoms with Gasteiger partial charge in [0.2, 0.25) is 23.6 Å². The number of methoxy groups -OCH3 is 4. The minimum Gasteiger partial charge on any atom is -0.496 e. The van der Waals surface area contributed by atoms with Gasteiger partial charge in [0.05, 0.1) is 93.8 Å². The molecule has 8 aromatic rings. The van der Waals surface area contributed by atoms with Gasteiger partial charge >= 0.3 is 0 Å². The number of likely N-dealkylation sites (tertiary alicyclic amines) is 5. The molecule has 8 aliphatic heterocycles. The van der Waals surface area contributed by atoms with E-state index in [0.717, 1.165) is 178 Å². The highest BCUT2D eigenvalue weighted by Gasteiger charge is 2.29. The number of carbonyl (C=O) groups excluding carboxylic acids is 8. The highest BCUT2D eigenvalue weighted by molar-refractivity contribution is 5.97. The number of hydrogen-bond donors (Lipinski definition) is 0. The van der Waals surface area contributed by atoms with E-state index in [0.29, 0.717) is 169 Å². The van der Waals surface area contributed by atoms with E-state index in [1.165, 1.54) is 40.3 Å². The number of halogens is 1. The van der Waals surface area contributed by atoms with E-state index in [2.05, 4.69) is 165 Å². The molecule has 0 radical (unpaired) electrons. The fourth-order valence-corrected chi connectivity index (χ4v) is 18.1. The van der Waals surface area contributed by atoms with Crippen molar-refractivity contribution in [2.45, 2.75) is 242 Å². The van der Waals surface area contributed by atoms with E-state index in [4.69, 9.17) is 33.2 Å². The minimum absolute atomic E-state index is 0.0527. The lowest BCUT2D eigenvalue weighted by molar-refractivity contribution is -0.134. The molecule has 1 atom stereocenters. The monoisotopic (exact) mass is 1980 g/mol. The Morgan fingerprint density at radius 3 is 0.792 bits per heavy atom. The van der Waals surface area contributed by atoms with Crippen LogP contribution in [0.1, 0.15) is 325 Å². The Labute approximate surface area is 859 Å². The molecule has 8 aromatic carbocycles. The van der Waals surface area contributed by atoms with Crippen LogP contribution in [0, 0.1) is 11.7 Å². The van der Waals surface area contributed by atoms with Gasteiger partial charge in [0.15, 0.2) is 0 Å². The zero-order valence-corrected chi connectivity index (χ0v) is 90.4. The smallest absolute Gasteiger partial charge is 0.254 e. The van der Waals surface area contributed by atoms with Gasteiger partial charge in [-0.05, 0) is 232 Å². The minimum atomic E-state index is -0.302. The summed E-state index contributed by atoms with van der Waals surface area (Å²) < 4.78 is 51.2. The van der Waals surface area contributed by atoms with Crippen LogP contribution in [0.2, 0.25) is 0 Å². The van der Waals surface area contributed by atoms with E-state index in [9.17, 15) is 42.7 Å². The summed E-state index contributed by atoms with van der Waals surface area (Å²) in [5.41, 5.74) is 16.2. The van der Waals surface area contributed by atoms with Gasteiger partial charge in [-0.1, -0.05) is 221 Å². The molecule has 144 heavy (non-hydrogen) atoms. The summed E-state index contributed by atoms with van der Waals surface area (Å²) in [5, 5.41) is 0. The number of morpholine rings is 3. The van der Waals surface area contributed by atoms with Crippen molar-refractivity contribution in [3.05, 3.63) is 259 Å². The molecule has 24 heteroatoms. The van der Waals surface area contributed by atoms with Gasteiger partial charge in [0.1, 0.15) is 28.8 Å². The predicted octanol–water partition coefficient (Wildman–Crippen LogP) is 21.8. The highest BCUT2D eigenvalue weighted by Crippen LogP contribution is 2.34. The Morgan fingerprint density at radius 2 is 0.514 bits per heavy atom. The van der Waals surface area contributed by atoms with Crippen molar-refractivity contribution in [1.82, 2.24) is 39.2 Å². The molecule has 0 bridgehead atoms. The van der Waals surface area contributed by atoms with Crippen molar-refractivity contribution in [2.24, 2.45) is 5.92 Å². The summed E-state index contributed by atoms with van der Waals surface area (Å²) in [6.45, 7) is 52.9. The van der Waals surface area contributed by atoms with E-state index >= 15 is 0 Å². The van der Waals surface area contributed by atoms with E-state index in [1.54, 1.807) is 45.5 Å². The van der Waals surface area contributed by atoms with Crippen molar-refractivity contribution in [2.75, 3.05) is 173 Å². The molecule has 8 fully saturated rings. The lowest BCUT2D eigenvalue weighted by Crippen LogP contribution is -2.42. The first kappa shape index (κ1) is 116. The van der Waals surface area contributed by atoms with E-state index in [1.807, 2.05) is 133 Å². The molecule has 784 valence electrons. The molecule has 16 rings (SSSR count). The molecule has 0 aromatic heterocycles. The Bertz CT molecular complexity index is 5350. The van der Waals surface area contributed by atoms with Crippen LogP contribution in [-0.2, 0) is 59.1 Å². The first-order valence-electron chi connectivity index (χ1n) is 52.8. The first-order chi connectivity index (χ1) is 69.0. The van der Waals surface area contributed by atoms with Crippen LogP contribution in [0.4, 0.5) is 4.39 Å². The molecule has 0 spiro atoms. The third kappa shape index (κ3) is 35.7. The van der Waals surface area contributed by atoms with Crippen molar-refractivity contribution >= 4 is 47.3 Å². The third-order valence-corrected chi connectivity index (χ3v) is 27.6. The number of benzene rings is 8. The maximum absolute atomic E-state index is 13.8. The number of hydrogen-bond acceptors (Lipinski definition) is 15. The number of ether oxygens (including phenoxy) is 7. The second kappa shape index (κ2) is 59.2. The number of nitrogens with zero attached hydrogens (tertiary/aromatic N) is 8. The zero-order valence-electron chi connectivity index (χ0n) is 90.4. The van der Waals surface area contributed by atoms with Gasteiger partial charge in [0.25, 0.3) is 23.6 Å². The molecule has 0 N–H and O–H groups in total. The van der Waals surface area contributed by atoms with Gasteiger partial charge in [-0.2, -0.15) is 0 Å². The topological polar surface area (TPSA) is 227 Å². The molecular weight excluding hydrogens is 1810 g/mol. The summed E-state index contributed by atoms with van der Waals surface area (Å²) >= 11 is 0. The molecular formula is C120H167FN8O15. The number of amides is 8. The molecule has 8 saturated heterocycles. The van der Waals surface area contributed by atoms with Crippen LogP contribution in [0.25, 0.3) is 0 Å². The molecule has 8 heterocycles. The zero-order chi connectivity index (χ0) is 105. The first-order valence-corrected chi connectivity index (χ1v) is 52.8. The molecule has 23 nitrogen and oxygen atoms in total. The van der Waals surface area contributed by atoms with Crippen LogP contribution < -0.4 is 18.9 Å². The average molecular weight is 1980 g/mol. The van der Waals surface area contributed by atoms with Crippen molar-refractivity contribution < 1.29 is 75.9 Å². The second-order valence-corrected chi connectivity index (χ2v) is 41.2. The van der Waals surface area contributed by atoms with E-state index < -0.39 is 0 Å². The van der Waals surface area contributed by atoms with Crippen molar-refractivity contribution in [3.63, 3.8) is 0 Å². The van der Waals surface area contributed by atoms with Gasteiger partial charge in [0, 0.05) is 127 Å². The van der Waals surface area contributed by atoms with Crippen molar-refractivity contribution in [3.8, 4) is 23.0 Å². The maximum atomic E-state index is 13.8. The van der Waals surface area contributed by atoms with Crippen LogP contribution in [0.3, 0.4) is 0 Å². The summed E-state index contributed by atoms with van der Waals surface area (Å²) in [7, 11) is 6.68. The van der Waals surface area contributed by atoms with Gasteiger partial charge in [-0.15, -0.1) is 0 Å². The number of rotatable bonds is 24. The van der Waals surface area contributed by atoms with Crippen LogP contribution in [0.15, 0.2) is 164 Å². The van der Waals surface area contributed by atoms with Crippen LogP contribution >= 0.6 is 0 Å². The van der Waals surface area contributed by atoms with Gasteiger partial charge < -0.3 is 72.4 Å². The van der Waals surface area contributed by atoms with E-state index in [-0.39, 0.29) is 59.0 Å². The maximum Gasteiger partial charge on any atom is 0.254 e. The standard InChI is InChI=1S/C17H25NO2.C16H23NO2.C15H21NO3.C15H21NO2.C15H21NO.C14H18FNO2.C14H19NO2.C14H19NO/c1-12(2)15-8-7-14(10-16(15)20-4)17(19)18-9-5-6-13(3)11-18;1-12(2)14-7-6-13(10-15(14)19-3)11-16(18)17-8-4-5-9-17;1-11(2)13-5-4-12(10-14(13)18-3)15(17)16-6-8-19-9-7-16;1-11(2)13-6-5-12(9-14(13)18-3)10-15(17)16-7-4-8-16;1-12(2)14-7-5-13(6-8-14)11-15(17)16-9-3-4-10-16;1-10(2)12-4-3-11(9-13(12)15)14(17)16-5-7-18-8-6-16;1-11(2)12-3-5-13(6-4-12)14(16)15-7-9-17-10-8-15;1-11(2)13-6-4-12(5-7-13)10-14(16)15-8-3-9-15/h7-8,10,12-13H,5-6,9,11H2,1-4H3;6-7,10,12H,4-5,8-9,11H2,1-3H3;4-5,10-11H,6-9H2,1-3H3;5-6,9,11H,4,7-8,10H2,1-3H3;5-8,12H,3-4,9-11H2,1-2H3;3-4,9-10H,5-8H2,1-2H3;3-6,11H,7-10H2,1-2H3;4-7,11H,3,8-10H2,1-2H3. The molecule has 8 aliphatic rings. The second-order valence-electron chi connectivity index (χ2n) is 41.2. The normalized spacial score (nSPS) is 16.0. The Balaban J connectivity index is 0.000000183. The van der Waals surface area contributed by atoms with Crippen LogP contribution in [-0.4, -0.2) is 259 Å². The lowest BCUT2D eigenvalue weighted by Gasteiger charge is -2.31. The average Bonchev–Trinajstić information content (AvgIpc) is 0.942. The fraction of sp³-hybridized carbons (Fsp3) is 0.533. The summed E-state index contributed by atoms with van der Waals surface area (Å²) in [6.07, 6.45) is 11.3. The lowest BCUT2D eigenvalue weighted by atomic mass is 9.97. The molecule has 0 aliphatic carbocycles. The van der Waals surface area contributed by atoms with Crippen molar-refractivity contribution in [1.29, 1.82) is 0 Å². The molecule has 8 amide bonds. The van der Waals surface area contributed by atoms with Crippen LogP contribution in [0.5, 0.6) is 23.0 Å². The largest absolute Gasteiger partial charge is 0.496 e. The van der Waals surface area contributed by atoms with Gasteiger partial charge in [-0.25, -0.2) is 4.39 Å². The Morgan fingerprint density at radius 1 is 0.271 bits per heavy atom. The molecule has 0 saturated carbocycles. The fourth-order valence-electron chi connectivity index (χ4n) is 18.1.